The monoisotopic (exact) mass is 415 g/mol. The summed E-state index contributed by atoms with van der Waals surface area (Å²) in [6.45, 7) is 0.646. The average Bonchev–Trinajstić information content (AvgIpc) is 2.68. The minimum absolute atomic E-state index is 0.292. The number of anilines is 2. The Bertz CT molecular complexity index is 926. The topological polar surface area (TPSA) is 73.7 Å². The first kappa shape index (κ1) is 19.2. The molecule has 2 aromatic carbocycles. The van der Waals surface area contributed by atoms with Crippen molar-refractivity contribution < 1.29 is 9.90 Å². The van der Waals surface area contributed by atoms with Crippen molar-refractivity contribution in [3.63, 3.8) is 0 Å². The first-order chi connectivity index (χ1) is 13.6. The molecule has 0 radical (unpaired) electrons. The summed E-state index contributed by atoms with van der Waals surface area (Å²) in [4.78, 5) is 16.6. The Balaban J connectivity index is 1.63. The minimum atomic E-state index is -0.923. The second-order valence-electron chi connectivity index (χ2n) is 7.09. The van der Waals surface area contributed by atoms with E-state index in [1.54, 1.807) is 12.1 Å². The third kappa shape index (κ3) is 3.84. The van der Waals surface area contributed by atoms with Gasteiger partial charge in [0.15, 0.2) is 0 Å². The van der Waals surface area contributed by atoms with Crippen LogP contribution in [0.4, 0.5) is 11.4 Å². The largest absolute Gasteiger partial charge is 0.478 e. The fraction of sp³-hybridized carbons (Fsp3) is 0.333. The van der Waals surface area contributed by atoms with Crippen molar-refractivity contribution in [1.82, 2.24) is 0 Å². The van der Waals surface area contributed by atoms with Gasteiger partial charge < -0.3 is 15.7 Å². The standard InChI is InChI=1S/C21H22ClN3O2S/c22-15-4-1-3-14(13-15)7-10-23-20-21(8-11-28-12-9-21)25-18-16(19(26)27)5-2-6-17(18)24-20/h1-6,13,25H,7-12H2,(H,23,24)(H,26,27). The molecule has 7 heteroatoms. The number of amidine groups is 1. The van der Waals surface area contributed by atoms with Gasteiger partial charge >= 0.3 is 5.97 Å². The van der Waals surface area contributed by atoms with Crippen LogP contribution in [0.15, 0.2) is 47.5 Å². The van der Waals surface area contributed by atoms with Gasteiger partial charge in [0.25, 0.3) is 0 Å². The van der Waals surface area contributed by atoms with E-state index >= 15 is 0 Å². The van der Waals surface area contributed by atoms with Crippen molar-refractivity contribution in [2.45, 2.75) is 24.8 Å². The van der Waals surface area contributed by atoms with E-state index in [9.17, 15) is 9.90 Å². The lowest BCUT2D eigenvalue weighted by molar-refractivity contribution is 0.0698. The highest BCUT2D eigenvalue weighted by Crippen LogP contribution is 2.40. The van der Waals surface area contributed by atoms with Gasteiger partial charge in [0.1, 0.15) is 5.84 Å². The molecule has 1 fully saturated rings. The van der Waals surface area contributed by atoms with Gasteiger partial charge in [0.05, 0.1) is 22.5 Å². The smallest absolute Gasteiger partial charge is 0.337 e. The van der Waals surface area contributed by atoms with Crippen LogP contribution in [0.5, 0.6) is 0 Å². The zero-order valence-electron chi connectivity index (χ0n) is 15.4. The molecule has 146 valence electrons. The molecule has 1 saturated heterocycles. The summed E-state index contributed by atoms with van der Waals surface area (Å²) < 4.78 is 0. The van der Waals surface area contributed by atoms with Gasteiger partial charge in [-0.2, -0.15) is 11.8 Å². The second-order valence-corrected chi connectivity index (χ2v) is 8.75. The molecule has 2 aromatic rings. The zero-order valence-corrected chi connectivity index (χ0v) is 16.9. The molecule has 2 heterocycles. The molecule has 1 spiro atoms. The number of para-hydroxylation sites is 1. The average molecular weight is 416 g/mol. The van der Waals surface area contributed by atoms with Gasteiger partial charge in [-0.25, -0.2) is 4.79 Å². The van der Waals surface area contributed by atoms with E-state index in [-0.39, 0.29) is 5.54 Å². The van der Waals surface area contributed by atoms with Crippen LogP contribution >= 0.6 is 23.4 Å². The molecule has 3 N–H and O–H groups in total. The van der Waals surface area contributed by atoms with Crippen LogP contribution in [-0.4, -0.2) is 40.5 Å². The number of rotatable bonds is 4. The first-order valence-electron chi connectivity index (χ1n) is 9.36. The van der Waals surface area contributed by atoms with Crippen LogP contribution in [-0.2, 0) is 6.42 Å². The molecule has 5 nitrogen and oxygen atoms in total. The second kappa shape index (κ2) is 8.05. The quantitative estimate of drug-likeness (QED) is 0.669. The Labute approximate surface area is 173 Å². The van der Waals surface area contributed by atoms with Crippen molar-refractivity contribution in [2.24, 2.45) is 4.99 Å². The van der Waals surface area contributed by atoms with Crippen LogP contribution in [0.2, 0.25) is 5.02 Å². The molecule has 0 bridgehead atoms. The molecule has 4 rings (SSSR count). The normalized spacial score (nSPS) is 19.0. The molecule has 0 aromatic heterocycles. The van der Waals surface area contributed by atoms with Crippen LogP contribution < -0.4 is 10.6 Å². The predicted octanol–water partition coefficient (Wildman–Crippen LogP) is 4.78. The molecule has 0 unspecified atom stereocenters. The van der Waals surface area contributed by atoms with Crippen molar-refractivity contribution in [3.8, 4) is 0 Å². The number of aliphatic imine (C=N–C) groups is 1. The first-order valence-corrected chi connectivity index (χ1v) is 10.9. The van der Waals surface area contributed by atoms with Crippen LogP contribution in [0.25, 0.3) is 0 Å². The van der Waals surface area contributed by atoms with Crippen molar-refractivity contribution >= 4 is 46.5 Å². The fourth-order valence-corrected chi connectivity index (χ4v) is 5.18. The third-order valence-electron chi connectivity index (χ3n) is 5.27. The van der Waals surface area contributed by atoms with Gasteiger partial charge in [-0.1, -0.05) is 29.8 Å². The lowest BCUT2D eigenvalue weighted by atomic mass is 9.87. The zero-order chi connectivity index (χ0) is 19.6. The van der Waals surface area contributed by atoms with E-state index < -0.39 is 5.97 Å². The number of hydrogen-bond donors (Lipinski definition) is 3. The minimum Gasteiger partial charge on any atom is -0.478 e. The summed E-state index contributed by atoms with van der Waals surface area (Å²) in [6, 6.07) is 13.1. The highest BCUT2D eigenvalue weighted by atomic mass is 35.5. The Morgan fingerprint density at radius 1 is 1.21 bits per heavy atom. The number of benzene rings is 2. The summed E-state index contributed by atoms with van der Waals surface area (Å²) in [5, 5.41) is 17.3. The van der Waals surface area contributed by atoms with E-state index in [1.807, 2.05) is 36.0 Å². The number of carboxylic acids is 1. The van der Waals surface area contributed by atoms with E-state index in [2.05, 4.69) is 16.7 Å². The highest BCUT2D eigenvalue weighted by Gasteiger charge is 2.42. The molecule has 2 aliphatic rings. The Morgan fingerprint density at radius 3 is 2.75 bits per heavy atom. The molecule has 0 atom stereocenters. The van der Waals surface area contributed by atoms with Crippen molar-refractivity contribution in [2.75, 3.05) is 28.7 Å². The lowest BCUT2D eigenvalue weighted by Crippen LogP contribution is -2.55. The summed E-state index contributed by atoms with van der Waals surface area (Å²) in [7, 11) is 0. The number of aromatic carboxylic acids is 1. The van der Waals surface area contributed by atoms with Crippen LogP contribution in [0, 0.1) is 0 Å². The third-order valence-corrected chi connectivity index (χ3v) is 6.49. The lowest BCUT2D eigenvalue weighted by Gasteiger charge is -2.44. The van der Waals surface area contributed by atoms with E-state index in [4.69, 9.17) is 16.6 Å². The maximum Gasteiger partial charge on any atom is 0.337 e. The number of carboxylic acid groups (broad SMARTS) is 1. The van der Waals surface area contributed by atoms with Gasteiger partial charge in [0, 0.05) is 11.6 Å². The summed E-state index contributed by atoms with van der Waals surface area (Å²) >= 11 is 8.00. The molecular weight excluding hydrogens is 394 g/mol. The predicted molar refractivity (Wildman–Crippen MR) is 117 cm³/mol. The van der Waals surface area contributed by atoms with E-state index in [0.717, 1.165) is 52.9 Å². The van der Waals surface area contributed by atoms with E-state index in [0.29, 0.717) is 17.8 Å². The number of carbonyl (C=O) groups is 1. The number of fused-ring (bicyclic) bond motifs is 1. The van der Waals surface area contributed by atoms with Crippen molar-refractivity contribution in [3.05, 3.63) is 58.6 Å². The van der Waals surface area contributed by atoms with Gasteiger partial charge in [-0.05, 0) is 60.6 Å². The SMILES string of the molecule is O=C(O)c1cccc2c1NC1(CCSCC1)C(=NCCc1cccc(Cl)c1)N2. The Kier molecular flexibility index (Phi) is 5.51. The van der Waals surface area contributed by atoms with Gasteiger partial charge in [0.2, 0.25) is 0 Å². The fourth-order valence-electron chi connectivity index (χ4n) is 3.78. The number of nitrogens with zero attached hydrogens (tertiary/aromatic N) is 1. The highest BCUT2D eigenvalue weighted by molar-refractivity contribution is 7.99. The summed E-state index contributed by atoms with van der Waals surface area (Å²) in [5.74, 6) is 2.02. The Hall–Kier alpha value is -2.18. The van der Waals surface area contributed by atoms with Crippen molar-refractivity contribution in [1.29, 1.82) is 0 Å². The molecule has 0 saturated carbocycles. The summed E-state index contributed by atoms with van der Waals surface area (Å²) in [6.07, 6.45) is 2.63. The molecule has 0 aliphatic carbocycles. The maximum absolute atomic E-state index is 11.7. The van der Waals surface area contributed by atoms with Gasteiger partial charge in [-0.3, -0.25) is 4.99 Å². The maximum atomic E-state index is 11.7. The van der Waals surface area contributed by atoms with Crippen LogP contribution in [0.3, 0.4) is 0 Å². The van der Waals surface area contributed by atoms with Gasteiger partial charge in [-0.15, -0.1) is 0 Å². The van der Waals surface area contributed by atoms with Crippen LogP contribution in [0.1, 0.15) is 28.8 Å². The van der Waals surface area contributed by atoms with E-state index in [1.165, 1.54) is 0 Å². The molecule has 2 aliphatic heterocycles. The number of halogens is 1. The molecule has 0 amide bonds. The Morgan fingerprint density at radius 2 is 2.00 bits per heavy atom. The molecule has 28 heavy (non-hydrogen) atoms. The summed E-state index contributed by atoms with van der Waals surface area (Å²) in [5.41, 5.74) is 2.54. The number of nitrogens with one attached hydrogen (secondary N) is 2. The number of hydrogen-bond acceptors (Lipinski definition) is 4. The molecular formula is C21H22ClN3O2S. The number of thioether (sulfide) groups is 1.